The second-order valence-corrected chi connectivity index (χ2v) is 8.26. The summed E-state index contributed by atoms with van der Waals surface area (Å²) in [4.78, 5) is 15.7. The van der Waals surface area contributed by atoms with Crippen LogP contribution in [0.2, 0.25) is 0 Å². The Labute approximate surface area is 165 Å². The number of anilines is 1. The summed E-state index contributed by atoms with van der Waals surface area (Å²) in [5.74, 6) is 2.88. The van der Waals surface area contributed by atoms with Crippen molar-refractivity contribution in [3.05, 3.63) is 47.5 Å². The number of amides is 1. The molecule has 2 aromatic carbocycles. The van der Waals surface area contributed by atoms with Crippen LogP contribution in [0.5, 0.6) is 17.2 Å². The predicted molar refractivity (Wildman–Crippen MR) is 106 cm³/mol. The predicted octanol–water partition coefficient (Wildman–Crippen LogP) is 4.27. The summed E-state index contributed by atoms with van der Waals surface area (Å²) < 4.78 is 17.1. The maximum absolute atomic E-state index is 13.8. The molecule has 0 radical (unpaired) electrons. The Morgan fingerprint density at radius 3 is 2.61 bits per heavy atom. The Bertz CT molecular complexity index is 938. The summed E-state index contributed by atoms with van der Waals surface area (Å²) in [5.41, 5.74) is 2.14. The smallest absolute Gasteiger partial charge is 0.245 e. The van der Waals surface area contributed by atoms with E-state index in [0.29, 0.717) is 29.8 Å². The summed E-state index contributed by atoms with van der Waals surface area (Å²) in [6, 6.07) is 11.9. The molecule has 5 heteroatoms. The van der Waals surface area contributed by atoms with E-state index in [1.54, 1.807) is 0 Å². The van der Waals surface area contributed by atoms with E-state index in [1.807, 2.05) is 29.2 Å². The molecule has 0 saturated heterocycles. The van der Waals surface area contributed by atoms with Gasteiger partial charge in [0.1, 0.15) is 17.8 Å². The van der Waals surface area contributed by atoms with Gasteiger partial charge in [-0.25, -0.2) is 0 Å². The Kier molecular flexibility index (Phi) is 4.00. The molecule has 0 fully saturated rings. The quantitative estimate of drug-likeness (QED) is 0.728. The largest absolute Gasteiger partial charge is 0.491 e. The van der Waals surface area contributed by atoms with Crippen LogP contribution in [-0.4, -0.2) is 25.9 Å². The first-order chi connectivity index (χ1) is 13.6. The normalized spacial score (nSPS) is 21.4. The van der Waals surface area contributed by atoms with E-state index in [1.165, 1.54) is 6.42 Å². The van der Waals surface area contributed by atoms with E-state index in [2.05, 4.69) is 26.0 Å². The highest BCUT2D eigenvalue weighted by atomic mass is 16.7. The number of fused-ring (bicyclic) bond motifs is 5. The molecule has 0 bridgehead atoms. The molecule has 0 saturated carbocycles. The molecule has 0 aliphatic carbocycles. The van der Waals surface area contributed by atoms with Crippen molar-refractivity contribution < 1.29 is 19.0 Å². The van der Waals surface area contributed by atoms with E-state index >= 15 is 0 Å². The topological polar surface area (TPSA) is 48.0 Å². The van der Waals surface area contributed by atoms with E-state index in [-0.39, 0.29) is 12.7 Å². The van der Waals surface area contributed by atoms with E-state index in [0.717, 1.165) is 36.2 Å². The van der Waals surface area contributed by atoms with Gasteiger partial charge < -0.3 is 19.1 Å². The number of carbonyl (C=O) groups excluding carboxylic acids is 1. The zero-order valence-electron chi connectivity index (χ0n) is 16.4. The molecule has 2 aromatic rings. The maximum Gasteiger partial charge on any atom is 0.245 e. The Hall–Kier alpha value is -2.69. The highest BCUT2D eigenvalue weighted by molar-refractivity contribution is 6.11. The third kappa shape index (κ3) is 2.42. The molecule has 3 aliphatic rings. The highest BCUT2D eigenvalue weighted by Gasteiger charge is 2.57. The molecule has 5 rings (SSSR count). The Morgan fingerprint density at radius 1 is 1.00 bits per heavy atom. The molecule has 3 heterocycles. The van der Waals surface area contributed by atoms with Crippen LogP contribution in [0.1, 0.15) is 44.2 Å². The van der Waals surface area contributed by atoms with Gasteiger partial charge in [0.15, 0.2) is 11.5 Å². The number of benzene rings is 2. The van der Waals surface area contributed by atoms with Crippen LogP contribution in [-0.2, 0) is 10.2 Å². The number of nitrogens with zero attached hydrogens (tertiary/aromatic N) is 1. The van der Waals surface area contributed by atoms with Crippen molar-refractivity contribution in [2.75, 3.05) is 24.8 Å². The summed E-state index contributed by atoms with van der Waals surface area (Å²) in [6.07, 6.45) is 3.32. The lowest BCUT2D eigenvalue weighted by molar-refractivity contribution is -0.122. The van der Waals surface area contributed by atoms with Crippen molar-refractivity contribution in [2.45, 2.75) is 38.5 Å². The van der Waals surface area contributed by atoms with Gasteiger partial charge in [0.2, 0.25) is 12.7 Å². The lowest BCUT2D eigenvalue weighted by atomic mass is 9.77. The Morgan fingerprint density at radius 2 is 1.79 bits per heavy atom. The van der Waals surface area contributed by atoms with Crippen LogP contribution in [0.25, 0.3) is 0 Å². The number of para-hydroxylation sites is 1. The summed E-state index contributed by atoms with van der Waals surface area (Å²) >= 11 is 0. The minimum atomic E-state index is -0.787. The summed E-state index contributed by atoms with van der Waals surface area (Å²) in [7, 11) is 0. The van der Waals surface area contributed by atoms with Crippen LogP contribution < -0.4 is 19.1 Å². The lowest BCUT2D eigenvalue weighted by Crippen LogP contribution is -2.42. The number of carbonyl (C=O) groups is 1. The number of hydrogen-bond donors (Lipinski definition) is 0. The van der Waals surface area contributed by atoms with Crippen LogP contribution in [0.3, 0.4) is 0 Å². The molecule has 3 aliphatic heterocycles. The van der Waals surface area contributed by atoms with Crippen molar-refractivity contribution in [1.82, 2.24) is 0 Å². The average Bonchev–Trinajstić information content (AvgIpc) is 3.35. The third-order valence-corrected chi connectivity index (χ3v) is 6.06. The average molecular weight is 379 g/mol. The summed E-state index contributed by atoms with van der Waals surface area (Å²) in [6.45, 7) is 5.75. The minimum Gasteiger partial charge on any atom is -0.491 e. The molecular formula is C23H25NO4. The molecule has 1 spiro atoms. The van der Waals surface area contributed by atoms with Crippen LogP contribution >= 0.6 is 0 Å². The van der Waals surface area contributed by atoms with Crippen molar-refractivity contribution in [3.63, 3.8) is 0 Å². The Balaban J connectivity index is 1.53. The number of unbranched alkanes of at least 4 members (excludes halogenated alkanes) is 1. The summed E-state index contributed by atoms with van der Waals surface area (Å²) in [5, 5.41) is 0. The number of rotatable bonds is 5. The standard InChI is InChI=1S/C23H25NO4/c1-15(2)7-5-6-10-24-18-9-4-3-8-16(18)23(22(24)25)13-26-19-12-21-20(11-17(19)23)27-14-28-21/h3-4,8-9,11-12,15H,5-7,10,13-14H2,1-2H3. The van der Waals surface area contributed by atoms with Crippen LogP contribution in [0.4, 0.5) is 5.69 Å². The van der Waals surface area contributed by atoms with E-state index < -0.39 is 5.41 Å². The zero-order valence-corrected chi connectivity index (χ0v) is 16.4. The van der Waals surface area contributed by atoms with Gasteiger partial charge in [0.25, 0.3) is 0 Å². The zero-order chi connectivity index (χ0) is 19.3. The molecule has 5 nitrogen and oxygen atoms in total. The maximum atomic E-state index is 13.8. The molecule has 1 unspecified atom stereocenters. The SMILES string of the molecule is CC(C)CCCCN1C(=O)C2(COc3cc4c(cc32)OCO4)c2ccccc21. The van der Waals surface area contributed by atoms with Gasteiger partial charge in [0, 0.05) is 23.9 Å². The van der Waals surface area contributed by atoms with E-state index in [4.69, 9.17) is 14.2 Å². The molecule has 1 amide bonds. The van der Waals surface area contributed by atoms with Gasteiger partial charge in [-0.15, -0.1) is 0 Å². The second-order valence-electron chi connectivity index (χ2n) is 8.26. The van der Waals surface area contributed by atoms with Gasteiger partial charge in [0.05, 0.1) is 0 Å². The van der Waals surface area contributed by atoms with Crippen molar-refractivity contribution in [1.29, 1.82) is 0 Å². The molecule has 146 valence electrons. The van der Waals surface area contributed by atoms with Gasteiger partial charge in [-0.3, -0.25) is 4.79 Å². The van der Waals surface area contributed by atoms with Gasteiger partial charge in [-0.2, -0.15) is 0 Å². The molecule has 28 heavy (non-hydrogen) atoms. The lowest BCUT2D eigenvalue weighted by Gasteiger charge is -2.23. The highest BCUT2D eigenvalue weighted by Crippen LogP contribution is 2.54. The second kappa shape index (κ2) is 6.43. The molecule has 0 N–H and O–H groups in total. The van der Waals surface area contributed by atoms with Gasteiger partial charge >= 0.3 is 0 Å². The van der Waals surface area contributed by atoms with Crippen LogP contribution in [0, 0.1) is 5.92 Å². The van der Waals surface area contributed by atoms with Gasteiger partial charge in [-0.1, -0.05) is 44.9 Å². The molecular weight excluding hydrogens is 354 g/mol. The van der Waals surface area contributed by atoms with E-state index in [9.17, 15) is 4.79 Å². The van der Waals surface area contributed by atoms with Gasteiger partial charge in [-0.05, 0) is 30.0 Å². The minimum absolute atomic E-state index is 0.107. The third-order valence-electron chi connectivity index (χ3n) is 6.06. The van der Waals surface area contributed by atoms with Crippen molar-refractivity contribution >= 4 is 11.6 Å². The molecule has 1 atom stereocenters. The monoisotopic (exact) mass is 379 g/mol. The number of ether oxygens (including phenoxy) is 3. The van der Waals surface area contributed by atoms with Crippen molar-refractivity contribution in [2.24, 2.45) is 5.92 Å². The van der Waals surface area contributed by atoms with Crippen LogP contribution in [0.15, 0.2) is 36.4 Å². The molecule has 0 aromatic heterocycles. The van der Waals surface area contributed by atoms with Crippen molar-refractivity contribution in [3.8, 4) is 17.2 Å². The first kappa shape index (κ1) is 17.4. The fourth-order valence-electron chi connectivity index (χ4n) is 4.61. The first-order valence-corrected chi connectivity index (χ1v) is 10.1. The number of hydrogen-bond acceptors (Lipinski definition) is 4. The fourth-order valence-corrected chi connectivity index (χ4v) is 4.61. The first-order valence-electron chi connectivity index (χ1n) is 10.1. The fraction of sp³-hybridized carbons (Fsp3) is 0.435.